The molecule has 0 radical (unpaired) electrons. The molecule has 0 saturated carbocycles. The van der Waals surface area contributed by atoms with E-state index in [1.165, 1.54) is 24.1 Å². The molecular formula is C29H30F3NO4. The SMILES string of the molecule is COC(=O)CCN(C)C(=O)c1ccc(OCCCCc2ccc(-c3ccc(C(F)(F)F)cc3)cc2)cc1. The number of esters is 1. The lowest BCUT2D eigenvalue weighted by Gasteiger charge is -2.16. The zero-order chi connectivity index (χ0) is 26.8. The van der Waals surface area contributed by atoms with Crippen molar-refractivity contribution in [2.24, 2.45) is 0 Å². The number of aryl methyl sites for hydroxylation is 1. The Hall–Kier alpha value is -3.81. The molecule has 0 bridgehead atoms. The second kappa shape index (κ2) is 12.9. The number of nitrogens with zero attached hydrogens (tertiary/aromatic N) is 1. The molecule has 1 amide bonds. The number of amides is 1. The summed E-state index contributed by atoms with van der Waals surface area (Å²) in [7, 11) is 2.95. The molecule has 0 aliphatic heterocycles. The van der Waals surface area contributed by atoms with Gasteiger partial charge in [-0.25, -0.2) is 0 Å². The predicted molar refractivity (Wildman–Crippen MR) is 135 cm³/mol. The first kappa shape index (κ1) is 27.8. The van der Waals surface area contributed by atoms with Crippen LogP contribution in [0, 0.1) is 0 Å². The Morgan fingerprint density at radius 2 is 1.43 bits per heavy atom. The monoisotopic (exact) mass is 513 g/mol. The zero-order valence-electron chi connectivity index (χ0n) is 20.9. The fourth-order valence-electron chi connectivity index (χ4n) is 3.71. The van der Waals surface area contributed by atoms with E-state index in [1.54, 1.807) is 31.3 Å². The van der Waals surface area contributed by atoms with Crippen LogP contribution in [0.5, 0.6) is 5.75 Å². The van der Waals surface area contributed by atoms with Crippen molar-refractivity contribution >= 4 is 11.9 Å². The number of alkyl halides is 3. The highest BCUT2D eigenvalue weighted by Crippen LogP contribution is 2.31. The number of rotatable bonds is 11. The molecule has 0 fully saturated rings. The summed E-state index contributed by atoms with van der Waals surface area (Å²) >= 11 is 0. The van der Waals surface area contributed by atoms with Gasteiger partial charge >= 0.3 is 12.1 Å². The number of carbonyl (C=O) groups is 2. The average Bonchev–Trinajstić information content (AvgIpc) is 2.91. The van der Waals surface area contributed by atoms with E-state index >= 15 is 0 Å². The lowest BCUT2D eigenvalue weighted by Crippen LogP contribution is -2.29. The van der Waals surface area contributed by atoms with Crippen LogP contribution in [-0.2, 0) is 22.1 Å². The summed E-state index contributed by atoms with van der Waals surface area (Å²) in [4.78, 5) is 25.2. The van der Waals surface area contributed by atoms with Gasteiger partial charge in [0.15, 0.2) is 0 Å². The minimum atomic E-state index is -4.33. The standard InChI is InChI=1S/C29H30F3NO4/c1-33(19-18-27(34)36-2)28(35)24-12-16-26(17-13-24)37-20-4-3-5-21-6-8-22(9-7-21)23-10-14-25(15-11-23)29(30,31)32/h6-17H,3-5,18-20H2,1-2H3. The summed E-state index contributed by atoms with van der Waals surface area (Å²) in [6, 6.07) is 19.9. The number of methoxy groups -OCH3 is 1. The molecule has 0 N–H and O–H groups in total. The summed E-state index contributed by atoms with van der Waals surface area (Å²) in [6.45, 7) is 0.817. The van der Waals surface area contributed by atoms with Gasteiger partial charge in [-0.3, -0.25) is 9.59 Å². The van der Waals surface area contributed by atoms with Gasteiger partial charge < -0.3 is 14.4 Å². The van der Waals surface area contributed by atoms with Crippen molar-refractivity contribution in [3.8, 4) is 16.9 Å². The fourth-order valence-corrected chi connectivity index (χ4v) is 3.71. The normalized spacial score (nSPS) is 11.2. The van der Waals surface area contributed by atoms with Gasteiger partial charge in [0, 0.05) is 19.2 Å². The number of hydrogen-bond donors (Lipinski definition) is 0. The summed E-state index contributed by atoms with van der Waals surface area (Å²) in [6.07, 6.45) is -1.57. The van der Waals surface area contributed by atoms with Crippen molar-refractivity contribution in [1.29, 1.82) is 0 Å². The van der Waals surface area contributed by atoms with Gasteiger partial charge in [-0.15, -0.1) is 0 Å². The number of ether oxygens (including phenoxy) is 2. The molecular weight excluding hydrogens is 483 g/mol. The van der Waals surface area contributed by atoms with Gasteiger partial charge in [0.05, 0.1) is 25.7 Å². The molecule has 0 unspecified atom stereocenters. The molecule has 3 aromatic carbocycles. The molecule has 0 aliphatic rings. The molecule has 0 heterocycles. The van der Waals surface area contributed by atoms with Crippen LogP contribution in [0.4, 0.5) is 13.2 Å². The van der Waals surface area contributed by atoms with Gasteiger partial charge in [-0.2, -0.15) is 13.2 Å². The first-order valence-corrected chi connectivity index (χ1v) is 12.0. The quantitative estimate of drug-likeness (QED) is 0.220. The van der Waals surface area contributed by atoms with Crippen LogP contribution in [0.2, 0.25) is 0 Å². The minimum absolute atomic E-state index is 0.142. The van der Waals surface area contributed by atoms with E-state index in [0.29, 0.717) is 17.9 Å². The second-order valence-corrected chi connectivity index (χ2v) is 8.65. The van der Waals surface area contributed by atoms with Gasteiger partial charge in [-0.1, -0.05) is 36.4 Å². The molecule has 3 rings (SSSR count). The van der Waals surface area contributed by atoms with Gasteiger partial charge in [0.1, 0.15) is 5.75 Å². The van der Waals surface area contributed by atoms with Crippen LogP contribution in [-0.4, -0.2) is 44.1 Å². The van der Waals surface area contributed by atoms with Crippen molar-refractivity contribution in [3.05, 3.63) is 89.5 Å². The second-order valence-electron chi connectivity index (χ2n) is 8.65. The molecule has 5 nitrogen and oxygen atoms in total. The average molecular weight is 514 g/mol. The summed E-state index contributed by atoms with van der Waals surface area (Å²) in [5, 5.41) is 0. The number of unbranched alkanes of at least 4 members (excludes halogenated alkanes) is 1. The Morgan fingerprint density at radius 3 is 2.00 bits per heavy atom. The van der Waals surface area contributed by atoms with Crippen LogP contribution in [0.15, 0.2) is 72.8 Å². The van der Waals surface area contributed by atoms with Crippen molar-refractivity contribution < 1.29 is 32.2 Å². The number of carbonyl (C=O) groups excluding carboxylic acids is 2. The Labute approximate surface area is 214 Å². The van der Waals surface area contributed by atoms with Gasteiger partial charge in [-0.05, 0) is 72.4 Å². The van der Waals surface area contributed by atoms with Crippen LogP contribution in [0.3, 0.4) is 0 Å². The lowest BCUT2D eigenvalue weighted by atomic mass is 10.0. The maximum Gasteiger partial charge on any atom is 0.416 e. The summed E-state index contributed by atoms with van der Waals surface area (Å²) in [5.41, 5.74) is 2.62. The Kier molecular flexibility index (Phi) is 9.71. The third-order valence-corrected chi connectivity index (χ3v) is 5.95. The Morgan fingerprint density at radius 1 is 0.838 bits per heavy atom. The molecule has 8 heteroatoms. The van der Waals surface area contributed by atoms with Crippen molar-refractivity contribution in [2.75, 3.05) is 27.3 Å². The predicted octanol–water partition coefficient (Wildman–Crippen LogP) is 6.41. The van der Waals surface area contributed by atoms with Crippen LogP contribution >= 0.6 is 0 Å². The van der Waals surface area contributed by atoms with E-state index in [0.717, 1.165) is 48.1 Å². The largest absolute Gasteiger partial charge is 0.494 e. The molecule has 0 saturated heterocycles. The van der Waals surface area contributed by atoms with E-state index < -0.39 is 11.7 Å². The fraction of sp³-hybridized carbons (Fsp3) is 0.310. The van der Waals surface area contributed by atoms with Crippen LogP contribution in [0.1, 0.15) is 40.7 Å². The van der Waals surface area contributed by atoms with Gasteiger partial charge in [0.25, 0.3) is 5.91 Å². The van der Waals surface area contributed by atoms with Crippen molar-refractivity contribution in [1.82, 2.24) is 4.90 Å². The van der Waals surface area contributed by atoms with Crippen LogP contribution < -0.4 is 4.74 Å². The van der Waals surface area contributed by atoms with E-state index in [4.69, 9.17) is 4.74 Å². The lowest BCUT2D eigenvalue weighted by molar-refractivity contribution is -0.141. The molecule has 0 spiro atoms. The Bertz CT molecular complexity index is 1160. The first-order valence-electron chi connectivity index (χ1n) is 12.0. The van der Waals surface area contributed by atoms with Crippen molar-refractivity contribution in [2.45, 2.75) is 31.9 Å². The third kappa shape index (κ3) is 8.37. The topological polar surface area (TPSA) is 55.8 Å². The molecule has 0 aromatic heterocycles. The van der Waals surface area contributed by atoms with Gasteiger partial charge in [0.2, 0.25) is 0 Å². The highest BCUT2D eigenvalue weighted by Gasteiger charge is 2.29. The number of halogens is 3. The maximum absolute atomic E-state index is 12.7. The smallest absolute Gasteiger partial charge is 0.416 e. The molecule has 196 valence electrons. The minimum Gasteiger partial charge on any atom is -0.494 e. The number of benzene rings is 3. The zero-order valence-corrected chi connectivity index (χ0v) is 20.9. The summed E-state index contributed by atoms with van der Waals surface area (Å²) in [5.74, 6) is 0.132. The number of hydrogen-bond acceptors (Lipinski definition) is 4. The van der Waals surface area contributed by atoms with E-state index in [-0.39, 0.29) is 24.8 Å². The molecule has 0 atom stereocenters. The molecule has 0 aliphatic carbocycles. The third-order valence-electron chi connectivity index (χ3n) is 5.95. The molecule has 37 heavy (non-hydrogen) atoms. The van der Waals surface area contributed by atoms with E-state index in [9.17, 15) is 22.8 Å². The first-order chi connectivity index (χ1) is 17.7. The molecule has 3 aromatic rings. The highest BCUT2D eigenvalue weighted by molar-refractivity contribution is 5.94. The van der Waals surface area contributed by atoms with E-state index in [2.05, 4.69) is 4.74 Å². The van der Waals surface area contributed by atoms with Crippen molar-refractivity contribution in [3.63, 3.8) is 0 Å². The van der Waals surface area contributed by atoms with Crippen LogP contribution in [0.25, 0.3) is 11.1 Å². The van der Waals surface area contributed by atoms with E-state index in [1.807, 2.05) is 24.3 Å². The Balaban J connectivity index is 1.39. The summed E-state index contributed by atoms with van der Waals surface area (Å²) < 4.78 is 48.6. The maximum atomic E-state index is 12.7. The highest BCUT2D eigenvalue weighted by atomic mass is 19.4.